The summed E-state index contributed by atoms with van der Waals surface area (Å²) >= 11 is 1.75. The first-order chi connectivity index (χ1) is 8.75. The van der Waals surface area contributed by atoms with Gasteiger partial charge in [0.25, 0.3) is 0 Å². The Morgan fingerprint density at radius 3 is 2.83 bits per heavy atom. The van der Waals surface area contributed by atoms with E-state index in [2.05, 4.69) is 41.2 Å². The molecule has 2 aromatic rings. The molecule has 0 aliphatic heterocycles. The molecule has 1 aromatic carbocycles. The third kappa shape index (κ3) is 2.06. The van der Waals surface area contributed by atoms with Gasteiger partial charge >= 0.3 is 0 Å². The van der Waals surface area contributed by atoms with Crippen molar-refractivity contribution in [2.45, 2.75) is 35.7 Å². The van der Waals surface area contributed by atoms with E-state index in [1.807, 2.05) is 6.20 Å². The van der Waals surface area contributed by atoms with Crippen molar-refractivity contribution in [3.05, 3.63) is 47.8 Å². The predicted octanol–water partition coefficient (Wildman–Crippen LogP) is 3.08. The molecule has 0 fully saturated rings. The Hall–Kier alpha value is -1.26. The molecule has 0 saturated heterocycles. The van der Waals surface area contributed by atoms with Crippen LogP contribution in [0.2, 0.25) is 0 Å². The van der Waals surface area contributed by atoms with Gasteiger partial charge in [0.15, 0.2) is 5.16 Å². The van der Waals surface area contributed by atoms with Crippen LogP contribution in [0.3, 0.4) is 0 Å². The Morgan fingerprint density at radius 2 is 2.11 bits per heavy atom. The van der Waals surface area contributed by atoms with Gasteiger partial charge in [0.2, 0.25) is 0 Å². The highest BCUT2D eigenvalue weighted by Gasteiger charge is 2.31. The van der Waals surface area contributed by atoms with E-state index in [1.54, 1.807) is 18.0 Å². The van der Waals surface area contributed by atoms with Crippen LogP contribution in [0.15, 0.2) is 41.8 Å². The lowest BCUT2D eigenvalue weighted by Gasteiger charge is -2.33. The van der Waals surface area contributed by atoms with Crippen LogP contribution in [-0.2, 0) is 0 Å². The molecule has 1 aliphatic carbocycles. The second-order valence-corrected chi connectivity index (χ2v) is 6.07. The minimum Gasteiger partial charge on any atom is -0.340 e. The van der Waals surface area contributed by atoms with E-state index in [4.69, 9.17) is 5.73 Å². The maximum absolute atomic E-state index is 6.41. The highest BCUT2D eigenvalue weighted by Crippen LogP contribution is 2.42. The number of hydrogen-bond acceptors (Lipinski definition) is 3. The molecule has 18 heavy (non-hydrogen) atoms. The van der Waals surface area contributed by atoms with Gasteiger partial charge in [-0.1, -0.05) is 43.0 Å². The maximum Gasteiger partial charge on any atom is 0.165 e. The average molecular weight is 259 g/mol. The molecule has 0 spiro atoms. The van der Waals surface area contributed by atoms with Crippen LogP contribution in [0.1, 0.15) is 36.4 Å². The molecule has 0 amide bonds. The molecule has 0 bridgehead atoms. The first-order valence-electron chi connectivity index (χ1n) is 6.26. The van der Waals surface area contributed by atoms with Gasteiger partial charge in [0.1, 0.15) is 0 Å². The number of nitrogens with two attached hydrogens (primary N) is 1. The van der Waals surface area contributed by atoms with Crippen molar-refractivity contribution in [1.82, 2.24) is 9.97 Å². The molecule has 94 valence electrons. The largest absolute Gasteiger partial charge is 0.340 e. The van der Waals surface area contributed by atoms with Crippen molar-refractivity contribution in [3.63, 3.8) is 0 Å². The molecule has 3 atom stereocenters. The first kappa shape index (κ1) is 11.8. The Balaban J connectivity index is 1.87. The molecule has 0 radical (unpaired) electrons. The summed E-state index contributed by atoms with van der Waals surface area (Å²) in [5.74, 6) is 0.563. The molecule has 0 saturated carbocycles. The van der Waals surface area contributed by atoms with Crippen LogP contribution >= 0.6 is 11.8 Å². The standard InChI is InChI=1S/C14H17N3S/c1-9-8-12(18-14-16-6-7-17-14)13(15)11-5-3-2-4-10(9)11/h2-7,9,12-13H,8,15H2,1H3,(H,16,17). The highest BCUT2D eigenvalue weighted by molar-refractivity contribution is 7.99. The zero-order chi connectivity index (χ0) is 12.5. The Bertz CT molecular complexity index is 524. The predicted molar refractivity (Wildman–Crippen MR) is 74.6 cm³/mol. The number of aromatic nitrogens is 2. The fourth-order valence-electron chi connectivity index (χ4n) is 2.67. The van der Waals surface area contributed by atoms with Crippen LogP contribution in [0.4, 0.5) is 0 Å². The summed E-state index contributed by atoms with van der Waals surface area (Å²) in [4.78, 5) is 7.42. The van der Waals surface area contributed by atoms with Gasteiger partial charge < -0.3 is 10.7 Å². The summed E-state index contributed by atoms with van der Waals surface area (Å²) in [5, 5.41) is 1.35. The lowest BCUT2D eigenvalue weighted by atomic mass is 9.81. The summed E-state index contributed by atoms with van der Waals surface area (Å²) in [7, 11) is 0. The number of benzene rings is 1. The van der Waals surface area contributed by atoms with Crippen LogP contribution < -0.4 is 5.73 Å². The quantitative estimate of drug-likeness (QED) is 0.871. The van der Waals surface area contributed by atoms with E-state index < -0.39 is 0 Å². The van der Waals surface area contributed by atoms with E-state index in [0.717, 1.165) is 11.6 Å². The molecule has 3 unspecified atom stereocenters. The molecule has 1 aromatic heterocycles. The lowest BCUT2D eigenvalue weighted by Crippen LogP contribution is -2.30. The van der Waals surface area contributed by atoms with Crippen LogP contribution in [0, 0.1) is 0 Å². The summed E-state index contributed by atoms with van der Waals surface area (Å²) in [5.41, 5.74) is 9.10. The smallest absolute Gasteiger partial charge is 0.165 e. The minimum atomic E-state index is 0.0903. The number of rotatable bonds is 2. The van der Waals surface area contributed by atoms with E-state index in [0.29, 0.717) is 11.2 Å². The molecule has 3 rings (SSSR count). The zero-order valence-electron chi connectivity index (χ0n) is 10.3. The molecule has 1 heterocycles. The van der Waals surface area contributed by atoms with Gasteiger partial charge in [-0.25, -0.2) is 4.98 Å². The molecule has 3 N–H and O–H groups in total. The number of H-pyrrole nitrogens is 1. The fourth-order valence-corrected chi connectivity index (χ4v) is 3.89. The van der Waals surface area contributed by atoms with Gasteiger partial charge in [-0.3, -0.25) is 0 Å². The highest BCUT2D eigenvalue weighted by atomic mass is 32.2. The Morgan fingerprint density at radius 1 is 1.33 bits per heavy atom. The normalized spacial score (nSPS) is 26.9. The van der Waals surface area contributed by atoms with E-state index in [9.17, 15) is 0 Å². The number of aromatic amines is 1. The molecule has 1 aliphatic rings. The zero-order valence-corrected chi connectivity index (χ0v) is 11.2. The summed E-state index contributed by atoms with van der Waals surface area (Å²) in [6, 6.07) is 8.62. The molecular formula is C14H17N3S. The third-order valence-electron chi connectivity index (χ3n) is 3.61. The van der Waals surface area contributed by atoms with Crippen molar-refractivity contribution in [3.8, 4) is 0 Å². The summed E-state index contributed by atoms with van der Waals surface area (Å²) in [6.45, 7) is 2.28. The number of imidazole rings is 1. The van der Waals surface area contributed by atoms with E-state index in [-0.39, 0.29) is 6.04 Å². The number of fused-ring (bicyclic) bond motifs is 1. The van der Waals surface area contributed by atoms with Crippen molar-refractivity contribution in [2.75, 3.05) is 0 Å². The Kier molecular flexibility index (Phi) is 3.14. The van der Waals surface area contributed by atoms with Gasteiger partial charge in [-0.05, 0) is 23.5 Å². The number of nitrogens with one attached hydrogen (secondary N) is 1. The fraction of sp³-hybridized carbons (Fsp3) is 0.357. The van der Waals surface area contributed by atoms with E-state index >= 15 is 0 Å². The summed E-state index contributed by atoms with van der Waals surface area (Å²) < 4.78 is 0. The van der Waals surface area contributed by atoms with Crippen LogP contribution in [-0.4, -0.2) is 15.2 Å². The third-order valence-corrected chi connectivity index (χ3v) is 4.84. The van der Waals surface area contributed by atoms with Crippen molar-refractivity contribution < 1.29 is 0 Å². The molecular weight excluding hydrogens is 242 g/mol. The SMILES string of the molecule is CC1CC(Sc2ncc[nH]2)C(N)c2ccccc21. The van der Waals surface area contributed by atoms with Crippen molar-refractivity contribution >= 4 is 11.8 Å². The minimum absolute atomic E-state index is 0.0903. The average Bonchev–Trinajstić information content (AvgIpc) is 2.89. The lowest BCUT2D eigenvalue weighted by molar-refractivity contribution is 0.527. The van der Waals surface area contributed by atoms with Gasteiger partial charge in [0.05, 0.1) is 0 Å². The monoisotopic (exact) mass is 259 g/mol. The second-order valence-electron chi connectivity index (χ2n) is 4.84. The van der Waals surface area contributed by atoms with E-state index in [1.165, 1.54) is 11.1 Å². The van der Waals surface area contributed by atoms with Gasteiger partial charge in [0, 0.05) is 23.7 Å². The van der Waals surface area contributed by atoms with Crippen LogP contribution in [0.5, 0.6) is 0 Å². The van der Waals surface area contributed by atoms with Crippen molar-refractivity contribution in [1.29, 1.82) is 0 Å². The molecule has 4 heteroatoms. The second kappa shape index (κ2) is 4.78. The van der Waals surface area contributed by atoms with Gasteiger partial charge in [-0.2, -0.15) is 0 Å². The van der Waals surface area contributed by atoms with Gasteiger partial charge in [-0.15, -0.1) is 0 Å². The van der Waals surface area contributed by atoms with Crippen molar-refractivity contribution in [2.24, 2.45) is 5.73 Å². The maximum atomic E-state index is 6.41. The van der Waals surface area contributed by atoms with Crippen LogP contribution in [0.25, 0.3) is 0 Å². The topological polar surface area (TPSA) is 54.7 Å². The first-order valence-corrected chi connectivity index (χ1v) is 7.14. The number of hydrogen-bond donors (Lipinski definition) is 2. The summed E-state index contributed by atoms with van der Waals surface area (Å²) in [6.07, 6.45) is 4.74. The molecule has 3 nitrogen and oxygen atoms in total. The number of thioether (sulfide) groups is 1. The Labute approximate surface area is 111 Å². The number of nitrogens with zero attached hydrogens (tertiary/aromatic N) is 1.